The first-order chi connectivity index (χ1) is 10.2. The van der Waals surface area contributed by atoms with Crippen molar-refractivity contribution in [3.63, 3.8) is 0 Å². The van der Waals surface area contributed by atoms with Gasteiger partial charge >= 0.3 is 6.09 Å². The van der Waals surface area contributed by atoms with Crippen LogP contribution in [0.2, 0.25) is 0 Å². The Morgan fingerprint density at radius 1 is 1.32 bits per heavy atom. The summed E-state index contributed by atoms with van der Waals surface area (Å²) in [5, 5.41) is 2.69. The molecule has 1 aromatic heterocycles. The van der Waals surface area contributed by atoms with Crippen LogP contribution in [0.15, 0.2) is 12.1 Å². The van der Waals surface area contributed by atoms with Gasteiger partial charge in [-0.3, -0.25) is 4.79 Å². The highest BCUT2D eigenvalue weighted by atomic mass is 32.1. The van der Waals surface area contributed by atoms with E-state index in [-0.39, 0.29) is 18.8 Å². The number of hydrogen-bond donors (Lipinski definition) is 1. The molecule has 22 heavy (non-hydrogen) atoms. The summed E-state index contributed by atoms with van der Waals surface area (Å²) in [6.07, 6.45) is 0.564. The molecule has 1 N–H and O–H groups in total. The maximum absolute atomic E-state index is 12.3. The summed E-state index contributed by atoms with van der Waals surface area (Å²) in [6.45, 7) is 7.69. The molecular weight excluding hydrogens is 302 g/mol. The van der Waals surface area contributed by atoms with Crippen molar-refractivity contribution < 1.29 is 19.1 Å². The fourth-order valence-corrected chi connectivity index (χ4v) is 2.77. The number of ether oxygens (including phenoxy) is 2. The fraction of sp³-hybridized carbons (Fsp3) is 0.625. The summed E-state index contributed by atoms with van der Waals surface area (Å²) in [6, 6.07) is 3.40. The molecule has 0 saturated carbocycles. The molecular formula is C16H25NO4S. The third-order valence-corrected chi connectivity index (χ3v) is 4.08. The number of carbonyl (C=O) groups is 2. The fourth-order valence-electron chi connectivity index (χ4n) is 1.87. The zero-order valence-electron chi connectivity index (χ0n) is 13.9. The number of methoxy groups -OCH3 is 1. The molecule has 1 heterocycles. The van der Waals surface area contributed by atoms with Gasteiger partial charge in [-0.1, -0.05) is 6.92 Å². The minimum atomic E-state index is -0.574. The van der Waals surface area contributed by atoms with Gasteiger partial charge in [0.25, 0.3) is 0 Å². The zero-order chi connectivity index (χ0) is 16.8. The first-order valence-electron chi connectivity index (χ1n) is 7.35. The molecule has 0 aliphatic heterocycles. The number of alkyl carbamates (subject to hydrolysis) is 1. The SMILES string of the molecule is CCc1ccc(C(=O)CC(COC)NC(=O)OC(C)(C)C)s1. The molecule has 1 amide bonds. The smallest absolute Gasteiger partial charge is 0.407 e. The summed E-state index contributed by atoms with van der Waals surface area (Å²) in [5.74, 6) is 0.00260. The summed E-state index contributed by atoms with van der Waals surface area (Å²) in [7, 11) is 1.54. The number of nitrogens with one attached hydrogen (secondary N) is 1. The monoisotopic (exact) mass is 327 g/mol. The molecule has 5 nitrogen and oxygen atoms in total. The van der Waals surface area contributed by atoms with E-state index in [1.165, 1.54) is 23.3 Å². The molecule has 124 valence electrons. The Bertz CT molecular complexity index is 504. The number of amides is 1. The normalized spacial score (nSPS) is 12.8. The summed E-state index contributed by atoms with van der Waals surface area (Å²) in [4.78, 5) is 26.0. The molecule has 0 aliphatic carbocycles. The van der Waals surface area contributed by atoms with E-state index >= 15 is 0 Å². The van der Waals surface area contributed by atoms with Crippen LogP contribution in [0.3, 0.4) is 0 Å². The lowest BCUT2D eigenvalue weighted by Gasteiger charge is -2.23. The molecule has 0 radical (unpaired) electrons. The molecule has 0 bridgehead atoms. The van der Waals surface area contributed by atoms with Crippen molar-refractivity contribution in [3.05, 3.63) is 21.9 Å². The third-order valence-electron chi connectivity index (χ3n) is 2.81. The van der Waals surface area contributed by atoms with Gasteiger partial charge in [-0.2, -0.15) is 0 Å². The van der Waals surface area contributed by atoms with Crippen molar-refractivity contribution in [2.75, 3.05) is 13.7 Å². The Hall–Kier alpha value is -1.40. The van der Waals surface area contributed by atoms with Crippen LogP contribution in [0.5, 0.6) is 0 Å². The summed E-state index contributed by atoms with van der Waals surface area (Å²) >= 11 is 1.50. The van der Waals surface area contributed by atoms with Gasteiger partial charge in [0, 0.05) is 18.4 Å². The number of aryl methyl sites for hydroxylation is 1. The molecule has 1 aromatic rings. The van der Waals surface area contributed by atoms with Crippen LogP contribution in [0.1, 0.15) is 48.7 Å². The van der Waals surface area contributed by atoms with Crippen molar-refractivity contribution >= 4 is 23.2 Å². The standard InChI is InChI=1S/C16H25NO4S/c1-6-12-7-8-14(22-12)13(18)9-11(10-20-5)17-15(19)21-16(2,3)4/h7-8,11H,6,9-10H2,1-5H3,(H,17,19). The second-order valence-electron chi connectivity index (χ2n) is 6.05. The maximum atomic E-state index is 12.3. The van der Waals surface area contributed by atoms with E-state index in [4.69, 9.17) is 9.47 Å². The Labute approximate surface area is 136 Å². The van der Waals surface area contributed by atoms with Crippen molar-refractivity contribution in [1.82, 2.24) is 5.32 Å². The van der Waals surface area contributed by atoms with E-state index in [0.717, 1.165) is 6.42 Å². The van der Waals surface area contributed by atoms with Crippen LogP contribution < -0.4 is 5.32 Å². The molecule has 0 spiro atoms. The van der Waals surface area contributed by atoms with E-state index in [0.29, 0.717) is 4.88 Å². The number of rotatable bonds is 7. The minimum absolute atomic E-state index is 0.00260. The Morgan fingerprint density at radius 2 is 2.00 bits per heavy atom. The topological polar surface area (TPSA) is 64.6 Å². The Balaban J connectivity index is 2.63. The second-order valence-corrected chi connectivity index (χ2v) is 7.21. The first-order valence-corrected chi connectivity index (χ1v) is 8.17. The van der Waals surface area contributed by atoms with E-state index in [1.54, 1.807) is 20.8 Å². The van der Waals surface area contributed by atoms with Gasteiger partial charge in [0.1, 0.15) is 5.60 Å². The molecule has 0 fully saturated rings. The maximum Gasteiger partial charge on any atom is 0.407 e. The number of hydrogen-bond acceptors (Lipinski definition) is 5. The lowest BCUT2D eigenvalue weighted by molar-refractivity contribution is 0.0464. The average molecular weight is 327 g/mol. The minimum Gasteiger partial charge on any atom is -0.444 e. The van der Waals surface area contributed by atoms with Gasteiger partial charge in [-0.15, -0.1) is 11.3 Å². The van der Waals surface area contributed by atoms with Crippen molar-refractivity contribution in [1.29, 1.82) is 0 Å². The highest BCUT2D eigenvalue weighted by Gasteiger charge is 2.22. The first kappa shape index (κ1) is 18.6. The van der Waals surface area contributed by atoms with Crippen molar-refractivity contribution in [2.45, 2.75) is 52.2 Å². The van der Waals surface area contributed by atoms with Crippen LogP contribution in [-0.2, 0) is 15.9 Å². The van der Waals surface area contributed by atoms with Gasteiger partial charge < -0.3 is 14.8 Å². The molecule has 0 aliphatic rings. The zero-order valence-corrected chi connectivity index (χ0v) is 14.7. The lowest BCUT2D eigenvalue weighted by Crippen LogP contribution is -2.42. The molecule has 0 saturated heterocycles. The molecule has 0 aromatic carbocycles. The highest BCUT2D eigenvalue weighted by Crippen LogP contribution is 2.19. The Kier molecular flexibility index (Phi) is 7.03. The predicted octanol–water partition coefficient (Wildman–Crippen LogP) is 3.42. The number of ketones is 1. The van der Waals surface area contributed by atoms with Gasteiger partial charge in [0.05, 0.1) is 17.5 Å². The molecule has 1 unspecified atom stereocenters. The van der Waals surface area contributed by atoms with E-state index < -0.39 is 17.7 Å². The van der Waals surface area contributed by atoms with E-state index in [2.05, 4.69) is 12.2 Å². The van der Waals surface area contributed by atoms with Gasteiger partial charge in [-0.25, -0.2) is 4.79 Å². The van der Waals surface area contributed by atoms with Crippen molar-refractivity contribution in [2.24, 2.45) is 0 Å². The quantitative estimate of drug-likeness (QED) is 0.779. The van der Waals surface area contributed by atoms with Gasteiger partial charge in [0.15, 0.2) is 5.78 Å². The van der Waals surface area contributed by atoms with E-state index in [1.807, 2.05) is 12.1 Å². The molecule has 1 rings (SSSR count). The van der Waals surface area contributed by atoms with Gasteiger partial charge in [0.2, 0.25) is 0 Å². The van der Waals surface area contributed by atoms with Crippen LogP contribution in [-0.4, -0.2) is 37.2 Å². The summed E-state index contributed by atoms with van der Waals surface area (Å²) < 4.78 is 10.3. The van der Waals surface area contributed by atoms with Crippen LogP contribution >= 0.6 is 11.3 Å². The number of Topliss-reactive ketones (excluding diaryl/α,β-unsaturated/α-hetero) is 1. The second kappa shape index (κ2) is 8.29. The van der Waals surface area contributed by atoms with E-state index in [9.17, 15) is 9.59 Å². The average Bonchev–Trinajstić information content (AvgIpc) is 2.85. The van der Waals surface area contributed by atoms with Crippen LogP contribution in [0.25, 0.3) is 0 Å². The van der Waals surface area contributed by atoms with Crippen LogP contribution in [0.4, 0.5) is 4.79 Å². The molecule has 6 heteroatoms. The molecule has 1 atom stereocenters. The lowest BCUT2D eigenvalue weighted by atomic mass is 10.1. The highest BCUT2D eigenvalue weighted by molar-refractivity contribution is 7.14. The van der Waals surface area contributed by atoms with Crippen molar-refractivity contribution in [3.8, 4) is 0 Å². The summed E-state index contributed by atoms with van der Waals surface area (Å²) in [5.41, 5.74) is -0.574. The van der Waals surface area contributed by atoms with Crippen LogP contribution in [0, 0.1) is 0 Å². The number of thiophene rings is 1. The number of carbonyl (C=O) groups excluding carboxylic acids is 2. The largest absolute Gasteiger partial charge is 0.444 e. The van der Waals surface area contributed by atoms with Gasteiger partial charge in [-0.05, 0) is 39.3 Å². The third kappa shape index (κ3) is 6.58. The predicted molar refractivity (Wildman–Crippen MR) is 87.7 cm³/mol. The Morgan fingerprint density at radius 3 is 2.50 bits per heavy atom.